The van der Waals surface area contributed by atoms with Gasteiger partial charge in [-0.3, -0.25) is 9.69 Å². The molecule has 1 heterocycles. The molecule has 3 rings (SSSR count). The monoisotopic (exact) mass is 331 g/mol. The van der Waals surface area contributed by atoms with Crippen LogP contribution in [-0.2, 0) is 4.79 Å². The quantitative estimate of drug-likeness (QED) is 0.766. The topological polar surface area (TPSA) is 20.3 Å². The Morgan fingerprint density at radius 3 is 2.55 bits per heavy atom. The van der Waals surface area contributed by atoms with E-state index in [0.29, 0.717) is 16.7 Å². The standard InChI is InChI=1S/C18H18ClNOS/c1-12(2)13-6-8-16(9-7-13)20-17(21)11-22-18(20)14-4-3-5-15(19)10-14/h3-10,12,18H,11H2,1-2H3/t18-/m1/s1. The highest BCUT2D eigenvalue weighted by atomic mass is 35.5. The third-order valence-corrected chi connectivity index (χ3v) is 5.29. The van der Waals surface area contributed by atoms with Crippen molar-refractivity contribution in [2.24, 2.45) is 0 Å². The first-order valence-electron chi connectivity index (χ1n) is 7.35. The molecule has 114 valence electrons. The van der Waals surface area contributed by atoms with Crippen LogP contribution in [0.4, 0.5) is 5.69 Å². The molecule has 0 N–H and O–H groups in total. The third-order valence-electron chi connectivity index (χ3n) is 3.84. The van der Waals surface area contributed by atoms with E-state index >= 15 is 0 Å². The molecular formula is C18H18ClNOS. The highest BCUT2D eigenvalue weighted by Crippen LogP contribution is 2.42. The zero-order valence-corrected chi connectivity index (χ0v) is 14.2. The summed E-state index contributed by atoms with van der Waals surface area (Å²) in [6, 6.07) is 16.0. The van der Waals surface area contributed by atoms with E-state index in [9.17, 15) is 4.79 Å². The Labute approximate surface area is 140 Å². The van der Waals surface area contributed by atoms with Crippen molar-refractivity contribution in [1.82, 2.24) is 0 Å². The molecule has 1 saturated heterocycles. The Morgan fingerprint density at radius 2 is 1.91 bits per heavy atom. The van der Waals surface area contributed by atoms with Crippen LogP contribution in [0.2, 0.25) is 5.02 Å². The zero-order valence-electron chi connectivity index (χ0n) is 12.6. The number of anilines is 1. The lowest BCUT2D eigenvalue weighted by Gasteiger charge is -2.25. The molecule has 2 nitrogen and oxygen atoms in total. The third kappa shape index (κ3) is 3.01. The molecule has 0 bridgehead atoms. The van der Waals surface area contributed by atoms with Gasteiger partial charge in [0, 0.05) is 10.7 Å². The van der Waals surface area contributed by atoms with E-state index in [1.165, 1.54) is 5.56 Å². The summed E-state index contributed by atoms with van der Waals surface area (Å²) in [4.78, 5) is 14.2. The highest BCUT2D eigenvalue weighted by molar-refractivity contribution is 8.00. The van der Waals surface area contributed by atoms with Crippen LogP contribution in [0, 0.1) is 0 Å². The SMILES string of the molecule is CC(C)c1ccc(N2C(=O)CS[C@@H]2c2cccc(Cl)c2)cc1. The maximum Gasteiger partial charge on any atom is 0.238 e. The first kappa shape index (κ1) is 15.4. The van der Waals surface area contributed by atoms with E-state index in [-0.39, 0.29) is 11.3 Å². The Kier molecular flexibility index (Phi) is 4.46. The van der Waals surface area contributed by atoms with Gasteiger partial charge in [0.25, 0.3) is 0 Å². The Bertz CT molecular complexity index is 684. The van der Waals surface area contributed by atoms with Gasteiger partial charge in [0.05, 0.1) is 5.75 Å². The maximum absolute atomic E-state index is 12.3. The summed E-state index contributed by atoms with van der Waals surface area (Å²) in [5.41, 5.74) is 3.29. The van der Waals surface area contributed by atoms with Crippen molar-refractivity contribution in [3.05, 3.63) is 64.7 Å². The molecule has 1 aliphatic heterocycles. The van der Waals surface area contributed by atoms with E-state index in [1.807, 2.05) is 41.3 Å². The highest BCUT2D eigenvalue weighted by Gasteiger charge is 2.34. The molecule has 22 heavy (non-hydrogen) atoms. The molecular weight excluding hydrogens is 314 g/mol. The lowest BCUT2D eigenvalue weighted by molar-refractivity contribution is -0.115. The second kappa shape index (κ2) is 6.35. The minimum Gasteiger partial charge on any atom is -0.295 e. The van der Waals surface area contributed by atoms with Crippen LogP contribution >= 0.6 is 23.4 Å². The van der Waals surface area contributed by atoms with E-state index in [1.54, 1.807) is 11.8 Å². The van der Waals surface area contributed by atoms with Gasteiger partial charge >= 0.3 is 0 Å². The first-order chi connectivity index (χ1) is 10.6. The fourth-order valence-electron chi connectivity index (χ4n) is 2.63. The minimum atomic E-state index is -0.00361. The summed E-state index contributed by atoms with van der Waals surface area (Å²) in [7, 11) is 0. The number of carbonyl (C=O) groups excluding carboxylic acids is 1. The molecule has 1 aliphatic rings. The smallest absolute Gasteiger partial charge is 0.238 e. The Morgan fingerprint density at radius 1 is 1.18 bits per heavy atom. The van der Waals surface area contributed by atoms with Crippen LogP contribution in [0.3, 0.4) is 0 Å². The van der Waals surface area contributed by atoms with Gasteiger partial charge in [0.2, 0.25) is 5.91 Å². The molecule has 1 fully saturated rings. The molecule has 0 unspecified atom stereocenters. The number of amides is 1. The normalized spacial score (nSPS) is 18.3. The van der Waals surface area contributed by atoms with Crippen LogP contribution in [0.1, 0.15) is 36.3 Å². The molecule has 0 radical (unpaired) electrons. The first-order valence-corrected chi connectivity index (χ1v) is 8.78. The van der Waals surface area contributed by atoms with Crippen molar-refractivity contribution < 1.29 is 4.79 Å². The number of hydrogen-bond acceptors (Lipinski definition) is 2. The number of rotatable bonds is 3. The number of carbonyl (C=O) groups is 1. The summed E-state index contributed by atoms with van der Waals surface area (Å²) in [6.45, 7) is 4.33. The van der Waals surface area contributed by atoms with Gasteiger partial charge < -0.3 is 0 Å². The van der Waals surface area contributed by atoms with Gasteiger partial charge in [-0.05, 0) is 41.3 Å². The van der Waals surface area contributed by atoms with E-state index < -0.39 is 0 Å². The van der Waals surface area contributed by atoms with Crippen molar-refractivity contribution in [2.45, 2.75) is 25.1 Å². The average Bonchev–Trinajstić information content (AvgIpc) is 2.89. The minimum absolute atomic E-state index is 0.00361. The Hall–Kier alpha value is -1.45. The lowest BCUT2D eigenvalue weighted by atomic mass is 10.0. The van der Waals surface area contributed by atoms with Gasteiger partial charge in [0.1, 0.15) is 5.37 Å². The molecule has 1 atom stereocenters. The van der Waals surface area contributed by atoms with E-state index in [2.05, 4.69) is 26.0 Å². The summed E-state index contributed by atoms with van der Waals surface area (Å²) < 4.78 is 0. The second-order valence-corrected chi connectivity index (χ2v) is 7.23. The maximum atomic E-state index is 12.3. The van der Waals surface area contributed by atoms with Crippen molar-refractivity contribution in [3.63, 3.8) is 0 Å². The fraction of sp³-hybridized carbons (Fsp3) is 0.278. The van der Waals surface area contributed by atoms with Gasteiger partial charge in [-0.1, -0.05) is 49.7 Å². The summed E-state index contributed by atoms with van der Waals surface area (Å²) in [5, 5.41) is 0.698. The predicted molar refractivity (Wildman–Crippen MR) is 94.7 cm³/mol. The molecule has 0 aliphatic carbocycles. The lowest BCUT2D eigenvalue weighted by Crippen LogP contribution is -2.27. The van der Waals surface area contributed by atoms with Crippen LogP contribution < -0.4 is 4.90 Å². The molecule has 2 aromatic carbocycles. The van der Waals surface area contributed by atoms with Gasteiger partial charge in [-0.25, -0.2) is 0 Å². The van der Waals surface area contributed by atoms with E-state index in [0.717, 1.165) is 11.3 Å². The van der Waals surface area contributed by atoms with Gasteiger partial charge in [-0.2, -0.15) is 0 Å². The zero-order chi connectivity index (χ0) is 15.7. The van der Waals surface area contributed by atoms with Crippen molar-refractivity contribution >= 4 is 35.0 Å². The van der Waals surface area contributed by atoms with Crippen molar-refractivity contribution in [3.8, 4) is 0 Å². The van der Waals surface area contributed by atoms with Crippen LogP contribution in [-0.4, -0.2) is 11.7 Å². The fourth-order valence-corrected chi connectivity index (χ4v) is 4.00. The molecule has 2 aromatic rings. The van der Waals surface area contributed by atoms with Gasteiger partial charge in [-0.15, -0.1) is 11.8 Å². The number of hydrogen-bond donors (Lipinski definition) is 0. The number of nitrogens with zero attached hydrogens (tertiary/aromatic N) is 1. The molecule has 4 heteroatoms. The van der Waals surface area contributed by atoms with Crippen LogP contribution in [0.15, 0.2) is 48.5 Å². The molecule has 0 saturated carbocycles. The Balaban J connectivity index is 1.94. The molecule has 0 spiro atoms. The summed E-state index contributed by atoms with van der Waals surface area (Å²) in [6.07, 6.45) is 0. The summed E-state index contributed by atoms with van der Waals surface area (Å²) in [5.74, 6) is 1.14. The van der Waals surface area contributed by atoms with Gasteiger partial charge in [0.15, 0.2) is 0 Å². The average molecular weight is 332 g/mol. The van der Waals surface area contributed by atoms with Crippen molar-refractivity contribution in [1.29, 1.82) is 0 Å². The predicted octanol–water partition coefficient (Wildman–Crippen LogP) is 5.24. The molecule has 0 aromatic heterocycles. The number of thioether (sulfide) groups is 1. The largest absolute Gasteiger partial charge is 0.295 e. The second-order valence-electron chi connectivity index (χ2n) is 5.73. The number of halogens is 1. The van der Waals surface area contributed by atoms with Crippen LogP contribution in [0.25, 0.3) is 0 Å². The molecule has 1 amide bonds. The van der Waals surface area contributed by atoms with Crippen LogP contribution in [0.5, 0.6) is 0 Å². The van der Waals surface area contributed by atoms with Crippen molar-refractivity contribution in [2.75, 3.05) is 10.7 Å². The van der Waals surface area contributed by atoms with E-state index in [4.69, 9.17) is 11.6 Å². The summed E-state index contributed by atoms with van der Waals surface area (Å²) >= 11 is 7.74. The number of benzene rings is 2.